The van der Waals surface area contributed by atoms with Crippen LogP contribution in [0.4, 0.5) is 10.6 Å². The minimum atomic E-state index is -0.716. The van der Waals surface area contributed by atoms with Gasteiger partial charge in [-0.05, 0) is 20.8 Å². The molecule has 0 bridgehead atoms. The third-order valence-electron chi connectivity index (χ3n) is 2.99. The largest absolute Gasteiger partial charge is 0.448 e. The zero-order chi connectivity index (χ0) is 12.8. The first-order valence-electron chi connectivity index (χ1n) is 5.41. The number of fused-ring (bicyclic) bond motifs is 1. The number of hydroxylamine groups is 2. The second-order valence-electron chi connectivity index (χ2n) is 4.44. The topological polar surface area (TPSA) is 93.6 Å². The summed E-state index contributed by atoms with van der Waals surface area (Å²) in [5, 5.41) is 14.9. The number of carbonyl (C=O) groups is 1. The van der Waals surface area contributed by atoms with Gasteiger partial charge >= 0.3 is 6.09 Å². The molecule has 0 aliphatic carbocycles. The van der Waals surface area contributed by atoms with Gasteiger partial charge < -0.3 is 15.7 Å². The summed E-state index contributed by atoms with van der Waals surface area (Å²) in [5.74, 6) is 0.248. The first kappa shape index (κ1) is 11.9. The minimum absolute atomic E-state index is 0.248. The van der Waals surface area contributed by atoms with Crippen LogP contribution in [0.2, 0.25) is 0 Å². The van der Waals surface area contributed by atoms with E-state index in [2.05, 4.69) is 5.10 Å². The number of nitrogen functional groups attached to an aromatic ring is 1. The van der Waals surface area contributed by atoms with Crippen LogP contribution in [0.3, 0.4) is 0 Å². The van der Waals surface area contributed by atoms with Gasteiger partial charge in [0.1, 0.15) is 0 Å². The fourth-order valence-corrected chi connectivity index (χ4v) is 2.04. The number of nitrogens with zero attached hydrogens (tertiary/aromatic N) is 3. The maximum absolute atomic E-state index is 11.7. The highest BCUT2D eigenvalue weighted by Gasteiger charge is 2.43. The highest BCUT2D eigenvalue weighted by Crippen LogP contribution is 2.39. The van der Waals surface area contributed by atoms with E-state index >= 15 is 0 Å². The van der Waals surface area contributed by atoms with Crippen molar-refractivity contribution in [2.45, 2.75) is 32.9 Å². The summed E-state index contributed by atoms with van der Waals surface area (Å²) in [5.41, 5.74) is 6.27. The van der Waals surface area contributed by atoms with Crippen LogP contribution in [0.25, 0.3) is 0 Å². The van der Waals surface area contributed by atoms with Crippen LogP contribution < -0.4 is 5.73 Å². The predicted octanol–water partition coefficient (Wildman–Crippen LogP) is 0.910. The standard InChI is InChI=1S/C10H16N4O3/c1-4-17-9(15)14-7-6(8(11)12-14)5-13(16)10(7,2)3/h16H,4-5H2,1-3H3,(H2,11,12). The lowest BCUT2D eigenvalue weighted by molar-refractivity contribution is -0.163. The quantitative estimate of drug-likeness (QED) is 0.757. The fourth-order valence-electron chi connectivity index (χ4n) is 2.04. The van der Waals surface area contributed by atoms with Gasteiger partial charge in [0, 0.05) is 5.56 Å². The minimum Gasteiger partial charge on any atom is -0.448 e. The Kier molecular flexibility index (Phi) is 2.59. The van der Waals surface area contributed by atoms with E-state index in [4.69, 9.17) is 10.5 Å². The molecular weight excluding hydrogens is 224 g/mol. The number of aromatic nitrogens is 2. The molecule has 0 fully saturated rings. The summed E-state index contributed by atoms with van der Waals surface area (Å²) in [6.45, 7) is 5.81. The molecule has 7 nitrogen and oxygen atoms in total. The van der Waals surface area contributed by atoms with Gasteiger partial charge in [0.05, 0.1) is 24.4 Å². The first-order valence-corrected chi connectivity index (χ1v) is 5.41. The van der Waals surface area contributed by atoms with E-state index in [9.17, 15) is 10.0 Å². The molecule has 0 unspecified atom stereocenters. The van der Waals surface area contributed by atoms with Crippen molar-refractivity contribution >= 4 is 11.9 Å². The van der Waals surface area contributed by atoms with Crippen molar-refractivity contribution in [3.63, 3.8) is 0 Å². The summed E-state index contributed by atoms with van der Waals surface area (Å²) >= 11 is 0. The van der Waals surface area contributed by atoms with Crippen LogP contribution in [-0.4, -0.2) is 32.8 Å². The van der Waals surface area contributed by atoms with Gasteiger partial charge in [-0.1, -0.05) is 0 Å². The Morgan fingerprint density at radius 3 is 2.88 bits per heavy atom. The van der Waals surface area contributed by atoms with Gasteiger partial charge in [-0.25, -0.2) is 4.79 Å². The molecule has 7 heteroatoms. The molecule has 0 spiro atoms. The van der Waals surface area contributed by atoms with Crippen molar-refractivity contribution in [3.05, 3.63) is 11.3 Å². The number of hydrogen-bond acceptors (Lipinski definition) is 6. The van der Waals surface area contributed by atoms with Crippen molar-refractivity contribution in [1.82, 2.24) is 14.8 Å². The Labute approximate surface area is 98.7 Å². The molecule has 1 aromatic rings. The van der Waals surface area contributed by atoms with E-state index in [1.54, 1.807) is 20.8 Å². The van der Waals surface area contributed by atoms with Gasteiger partial charge in [0.15, 0.2) is 5.82 Å². The molecule has 2 rings (SSSR count). The molecular formula is C10H16N4O3. The van der Waals surface area contributed by atoms with Crippen LogP contribution in [0.5, 0.6) is 0 Å². The number of ether oxygens (including phenoxy) is 1. The summed E-state index contributed by atoms with van der Waals surface area (Å²) in [4.78, 5) is 11.7. The van der Waals surface area contributed by atoms with Crippen molar-refractivity contribution in [3.8, 4) is 0 Å². The highest BCUT2D eigenvalue weighted by molar-refractivity contribution is 5.73. The molecule has 2 heterocycles. The molecule has 1 aliphatic heterocycles. The maximum Gasteiger partial charge on any atom is 0.435 e. The maximum atomic E-state index is 11.7. The van der Waals surface area contributed by atoms with Gasteiger partial charge in [0.25, 0.3) is 0 Å². The van der Waals surface area contributed by atoms with Crippen molar-refractivity contribution in [2.24, 2.45) is 0 Å². The van der Waals surface area contributed by atoms with Crippen LogP contribution in [0.1, 0.15) is 32.0 Å². The van der Waals surface area contributed by atoms with E-state index in [1.807, 2.05) is 0 Å². The van der Waals surface area contributed by atoms with Gasteiger partial charge in [-0.15, -0.1) is 5.10 Å². The molecule has 0 saturated heterocycles. The molecule has 1 aliphatic rings. The van der Waals surface area contributed by atoms with Crippen molar-refractivity contribution < 1.29 is 14.7 Å². The van der Waals surface area contributed by atoms with E-state index in [0.717, 1.165) is 9.75 Å². The molecule has 0 atom stereocenters. The second kappa shape index (κ2) is 3.71. The molecule has 0 saturated carbocycles. The van der Waals surface area contributed by atoms with Crippen molar-refractivity contribution in [1.29, 1.82) is 0 Å². The lowest BCUT2D eigenvalue weighted by Crippen LogP contribution is -2.36. The lowest BCUT2D eigenvalue weighted by Gasteiger charge is -2.26. The van der Waals surface area contributed by atoms with E-state index < -0.39 is 11.6 Å². The Hall–Kier alpha value is -1.60. The van der Waals surface area contributed by atoms with Crippen molar-refractivity contribution in [2.75, 3.05) is 12.3 Å². The third-order valence-corrected chi connectivity index (χ3v) is 2.99. The zero-order valence-corrected chi connectivity index (χ0v) is 10.1. The van der Waals surface area contributed by atoms with Gasteiger partial charge in [0.2, 0.25) is 0 Å². The average molecular weight is 240 g/mol. The molecule has 0 radical (unpaired) electrons. The monoisotopic (exact) mass is 240 g/mol. The highest BCUT2D eigenvalue weighted by atomic mass is 16.6. The summed E-state index contributed by atoms with van der Waals surface area (Å²) in [7, 11) is 0. The van der Waals surface area contributed by atoms with Crippen LogP contribution in [-0.2, 0) is 16.8 Å². The third kappa shape index (κ3) is 1.58. The predicted molar refractivity (Wildman–Crippen MR) is 59.4 cm³/mol. The number of nitrogens with two attached hydrogens (primary N) is 1. The Balaban J connectivity index is 2.52. The first-order chi connectivity index (χ1) is 7.89. The smallest absolute Gasteiger partial charge is 0.435 e. The molecule has 1 aromatic heterocycles. The zero-order valence-electron chi connectivity index (χ0n) is 10.1. The Morgan fingerprint density at radius 2 is 2.29 bits per heavy atom. The van der Waals surface area contributed by atoms with E-state index in [1.165, 1.54) is 0 Å². The second-order valence-corrected chi connectivity index (χ2v) is 4.44. The Morgan fingerprint density at radius 1 is 1.65 bits per heavy atom. The SMILES string of the molecule is CCOC(=O)n1nc(N)c2c1C(C)(C)N(O)C2. The number of anilines is 1. The number of carbonyl (C=O) groups excluding carboxylic acids is 1. The molecule has 94 valence electrons. The van der Waals surface area contributed by atoms with Gasteiger partial charge in [-0.3, -0.25) is 0 Å². The molecule has 3 N–H and O–H groups in total. The van der Waals surface area contributed by atoms with Crippen LogP contribution in [0, 0.1) is 0 Å². The molecule has 0 aromatic carbocycles. The Bertz CT molecular complexity index is 466. The summed E-state index contributed by atoms with van der Waals surface area (Å²) in [6, 6.07) is 0. The number of hydrogen-bond donors (Lipinski definition) is 2. The lowest BCUT2D eigenvalue weighted by atomic mass is 10.0. The fraction of sp³-hybridized carbons (Fsp3) is 0.600. The van der Waals surface area contributed by atoms with Crippen LogP contribution in [0.15, 0.2) is 0 Å². The summed E-state index contributed by atoms with van der Waals surface area (Å²) in [6.07, 6.45) is -0.580. The van der Waals surface area contributed by atoms with Crippen LogP contribution >= 0.6 is 0 Å². The van der Waals surface area contributed by atoms with E-state index in [-0.39, 0.29) is 19.0 Å². The average Bonchev–Trinajstić information content (AvgIpc) is 2.67. The van der Waals surface area contributed by atoms with Gasteiger partial charge in [-0.2, -0.15) is 9.75 Å². The normalized spacial score (nSPS) is 18.1. The molecule has 0 amide bonds. The summed E-state index contributed by atoms with van der Waals surface area (Å²) < 4.78 is 6.03. The van der Waals surface area contributed by atoms with E-state index in [0.29, 0.717) is 11.3 Å². The number of rotatable bonds is 1. The molecule has 17 heavy (non-hydrogen) atoms.